The van der Waals surface area contributed by atoms with Crippen LogP contribution in [0.1, 0.15) is 24.9 Å². The summed E-state index contributed by atoms with van der Waals surface area (Å²) in [4.78, 5) is 0. The van der Waals surface area contributed by atoms with Gasteiger partial charge in [0.05, 0.1) is 11.1 Å². The van der Waals surface area contributed by atoms with Gasteiger partial charge in [-0.3, -0.25) is 0 Å². The molecule has 1 aromatic rings. The molecule has 0 radical (unpaired) electrons. The standard InChI is InChI=1S/C12H13BrClN/c1-3-7-15-12(4-2)9-5-6-10(13)11(14)8-9/h2,5-6,8,12,15H,3,7H2,1H3. The molecule has 3 heteroatoms. The molecule has 80 valence electrons. The van der Waals surface area contributed by atoms with Crippen LogP contribution in [-0.2, 0) is 0 Å². The molecule has 0 fully saturated rings. The summed E-state index contributed by atoms with van der Waals surface area (Å²) in [7, 11) is 0. The predicted molar refractivity (Wildman–Crippen MR) is 69.0 cm³/mol. The molecule has 0 bridgehead atoms. The third-order valence-corrected chi connectivity index (χ3v) is 3.27. The third kappa shape index (κ3) is 3.53. The Hall–Kier alpha value is -0.490. The lowest BCUT2D eigenvalue weighted by Crippen LogP contribution is -2.20. The van der Waals surface area contributed by atoms with Gasteiger partial charge in [0, 0.05) is 4.47 Å². The average molecular weight is 287 g/mol. The lowest BCUT2D eigenvalue weighted by Gasteiger charge is -2.13. The minimum Gasteiger partial charge on any atom is -0.300 e. The summed E-state index contributed by atoms with van der Waals surface area (Å²) in [5.41, 5.74) is 1.03. The van der Waals surface area contributed by atoms with Crippen LogP contribution in [0.3, 0.4) is 0 Å². The topological polar surface area (TPSA) is 12.0 Å². The molecule has 1 nitrogen and oxygen atoms in total. The number of halogens is 2. The molecular weight excluding hydrogens is 273 g/mol. The molecule has 1 N–H and O–H groups in total. The van der Waals surface area contributed by atoms with Gasteiger partial charge in [-0.2, -0.15) is 0 Å². The molecule has 0 aliphatic carbocycles. The van der Waals surface area contributed by atoms with E-state index in [1.807, 2.05) is 18.2 Å². The van der Waals surface area contributed by atoms with Crippen LogP contribution >= 0.6 is 27.5 Å². The SMILES string of the molecule is C#CC(NCCC)c1ccc(Br)c(Cl)c1. The van der Waals surface area contributed by atoms with Crippen LogP contribution in [0.15, 0.2) is 22.7 Å². The first kappa shape index (κ1) is 12.6. The zero-order valence-electron chi connectivity index (χ0n) is 8.56. The second-order valence-corrected chi connectivity index (χ2v) is 4.49. The van der Waals surface area contributed by atoms with Crippen LogP contribution in [0.2, 0.25) is 5.02 Å². The zero-order chi connectivity index (χ0) is 11.3. The largest absolute Gasteiger partial charge is 0.300 e. The predicted octanol–water partition coefficient (Wildman–Crippen LogP) is 3.78. The molecule has 0 saturated heterocycles. The monoisotopic (exact) mass is 285 g/mol. The van der Waals surface area contributed by atoms with Crippen molar-refractivity contribution in [2.24, 2.45) is 0 Å². The Morgan fingerprint density at radius 3 is 2.87 bits per heavy atom. The van der Waals surface area contributed by atoms with E-state index in [4.69, 9.17) is 18.0 Å². The van der Waals surface area contributed by atoms with E-state index in [1.54, 1.807) is 0 Å². The Bertz CT molecular complexity index is 370. The van der Waals surface area contributed by atoms with Crippen LogP contribution in [-0.4, -0.2) is 6.54 Å². The zero-order valence-corrected chi connectivity index (χ0v) is 10.9. The highest BCUT2D eigenvalue weighted by atomic mass is 79.9. The van der Waals surface area contributed by atoms with Gasteiger partial charge in [0.1, 0.15) is 0 Å². The van der Waals surface area contributed by atoms with E-state index in [0.717, 1.165) is 23.0 Å². The molecule has 0 spiro atoms. The summed E-state index contributed by atoms with van der Waals surface area (Å²) in [5.74, 6) is 2.71. The maximum atomic E-state index is 6.01. The molecule has 1 aromatic carbocycles. The molecule has 0 amide bonds. The Kier molecular flexibility index (Phi) is 5.17. The maximum absolute atomic E-state index is 6.01. The quantitative estimate of drug-likeness (QED) is 0.831. The highest BCUT2D eigenvalue weighted by molar-refractivity contribution is 9.10. The summed E-state index contributed by atoms with van der Waals surface area (Å²) < 4.78 is 0.888. The number of hydrogen-bond acceptors (Lipinski definition) is 1. The van der Waals surface area contributed by atoms with Crippen LogP contribution < -0.4 is 5.32 Å². The van der Waals surface area contributed by atoms with Crippen LogP contribution in [0.25, 0.3) is 0 Å². The van der Waals surface area contributed by atoms with Gasteiger partial charge >= 0.3 is 0 Å². The summed E-state index contributed by atoms with van der Waals surface area (Å²) in [6, 6.07) is 5.72. The normalized spacial score (nSPS) is 12.1. The number of hydrogen-bond donors (Lipinski definition) is 1. The van der Waals surface area contributed by atoms with E-state index in [2.05, 4.69) is 34.1 Å². The van der Waals surface area contributed by atoms with Gasteiger partial charge in [-0.05, 0) is 46.6 Å². The lowest BCUT2D eigenvalue weighted by molar-refractivity contribution is 0.626. The van der Waals surface area contributed by atoms with Crippen molar-refractivity contribution in [3.05, 3.63) is 33.3 Å². The Morgan fingerprint density at radius 2 is 2.33 bits per heavy atom. The molecule has 0 saturated carbocycles. The van der Waals surface area contributed by atoms with Crippen LogP contribution in [0.4, 0.5) is 0 Å². The molecule has 1 rings (SSSR count). The van der Waals surface area contributed by atoms with Crippen molar-refractivity contribution in [3.8, 4) is 12.3 Å². The van der Waals surface area contributed by atoms with Crippen molar-refractivity contribution in [2.75, 3.05) is 6.54 Å². The molecule has 15 heavy (non-hydrogen) atoms. The van der Waals surface area contributed by atoms with Gasteiger partial charge in [0.15, 0.2) is 0 Å². The van der Waals surface area contributed by atoms with E-state index in [0.29, 0.717) is 5.02 Å². The van der Waals surface area contributed by atoms with Gasteiger partial charge in [-0.1, -0.05) is 30.5 Å². The van der Waals surface area contributed by atoms with Gasteiger partial charge < -0.3 is 5.32 Å². The summed E-state index contributed by atoms with van der Waals surface area (Å²) >= 11 is 9.35. The number of nitrogens with one attached hydrogen (secondary N) is 1. The molecule has 1 atom stereocenters. The first-order chi connectivity index (χ1) is 7.19. The smallest absolute Gasteiger partial charge is 0.0943 e. The van der Waals surface area contributed by atoms with E-state index in [9.17, 15) is 0 Å². The van der Waals surface area contributed by atoms with Crippen molar-refractivity contribution < 1.29 is 0 Å². The van der Waals surface area contributed by atoms with Gasteiger partial charge in [0.2, 0.25) is 0 Å². The van der Waals surface area contributed by atoms with Gasteiger partial charge in [0.25, 0.3) is 0 Å². The van der Waals surface area contributed by atoms with Gasteiger partial charge in [-0.25, -0.2) is 0 Å². The molecule has 0 aliphatic heterocycles. The summed E-state index contributed by atoms with van der Waals surface area (Å²) in [5, 5.41) is 3.96. The molecule has 0 heterocycles. The number of benzene rings is 1. The van der Waals surface area contributed by atoms with Gasteiger partial charge in [-0.15, -0.1) is 6.42 Å². The maximum Gasteiger partial charge on any atom is 0.0943 e. The van der Waals surface area contributed by atoms with E-state index < -0.39 is 0 Å². The van der Waals surface area contributed by atoms with Crippen molar-refractivity contribution in [1.29, 1.82) is 0 Å². The first-order valence-corrected chi connectivity index (χ1v) is 6.00. The fourth-order valence-electron chi connectivity index (χ4n) is 1.25. The second-order valence-electron chi connectivity index (χ2n) is 3.23. The molecule has 0 aromatic heterocycles. The van der Waals surface area contributed by atoms with Crippen molar-refractivity contribution in [3.63, 3.8) is 0 Å². The van der Waals surface area contributed by atoms with Crippen LogP contribution in [0.5, 0.6) is 0 Å². The Balaban J connectivity index is 2.84. The first-order valence-electron chi connectivity index (χ1n) is 4.83. The average Bonchev–Trinajstić information content (AvgIpc) is 2.24. The molecule has 0 aliphatic rings. The fourth-order valence-corrected chi connectivity index (χ4v) is 1.69. The van der Waals surface area contributed by atoms with Crippen molar-refractivity contribution in [1.82, 2.24) is 5.32 Å². The van der Waals surface area contributed by atoms with Crippen molar-refractivity contribution in [2.45, 2.75) is 19.4 Å². The lowest BCUT2D eigenvalue weighted by atomic mass is 10.1. The Labute approximate surface area is 104 Å². The highest BCUT2D eigenvalue weighted by Gasteiger charge is 2.08. The van der Waals surface area contributed by atoms with Crippen molar-refractivity contribution >= 4 is 27.5 Å². The number of terminal acetylenes is 1. The number of rotatable bonds is 4. The highest BCUT2D eigenvalue weighted by Crippen LogP contribution is 2.25. The fraction of sp³-hybridized carbons (Fsp3) is 0.333. The van der Waals surface area contributed by atoms with E-state index >= 15 is 0 Å². The molecule has 1 unspecified atom stereocenters. The minimum atomic E-state index is -0.0597. The summed E-state index contributed by atoms with van der Waals surface area (Å²) in [6.45, 7) is 3.01. The summed E-state index contributed by atoms with van der Waals surface area (Å²) in [6.07, 6.45) is 6.52. The minimum absolute atomic E-state index is 0.0597. The van der Waals surface area contributed by atoms with E-state index in [1.165, 1.54) is 0 Å². The second kappa shape index (κ2) is 6.17. The molecular formula is C12H13BrClN. The van der Waals surface area contributed by atoms with E-state index in [-0.39, 0.29) is 6.04 Å². The van der Waals surface area contributed by atoms with Crippen LogP contribution in [0, 0.1) is 12.3 Å². The third-order valence-electron chi connectivity index (χ3n) is 2.04. The Morgan fingerprint density at radius 1 is 1.60 bits per heavy atom.